The zero-order valence-electron chi connectivity index (χ0n) is 11.8. The highest BCUT2D eigenvalue weighted by atomic mass is 19.1. The summed E-state index contributed by atoms with van der Waals surface area (Å²) < 4.78 is 19.0. The maximum Gasteiger partial charge on any atom is 0.311 e. The van der Waals surface area contributed by atoms with Crippen molar-refractivity contribution < 1.29 is 23.8 Å². The standard InChI is InChI=1S/C15H18FNO4/c1-2-7-17(13-9-21-8-11(13)15(19)20)14(18)10-5-3-4-6-12(10)16/h3-6,11,13H,2,7-9H2,1H3,(H,19,20). The molecule has 0 aliphatic carbocycles. The molecule has 0 bridgehead atoms. The fourth-order valence-electron chi connectivity index (χ4n) is 2.53. The molecule has 2 rings (SSSR count). The van der Waals surface area contributed by atoms with Gasteiger partial charge in [0, 0.05) is 6.54 Å². The first-order valence-electron chi connectivity index (χ1n) is 6.92. The van der Waals surface area contributed by atoms with Gasteiger partial charge < -0.3 is 14.7 Å². The van der Waals surface area contributed by atoms with Crippen LogP contribution in [0.2, 0.25) is 0 Å². The fraction of sp³-hybridized carbons (Fsp3) is 0.467. The quantitative estimate of drug-likeness (QED) is 0.899. The third-order valence-corrected chi connectivity index (χ3v) is 3.60. The molecule has 0 spiro atoms. The van der Waals surface area contributed by atoms with Gasteiger partial charge in [0.05, 0.1) is 24.8 Å². The molecule has 1 aliphatic rings. The summed E-state index contributed by atoms with van der Waals surface area (Å²) in [5.74, 6) is -2.86. The van der Waals surface area contributed by atoms with Crippen molar-refractivity contribution in [2.45, 2.75) is 19.4 Å². The number of benzene rings is 1. The Balaban J connectivity index is 2.28. The van der Waals surface area contributed by atoms with E-state index < -0.39 is 29.7 Å². The first-order valence-corrected chi connectivity index (χ1v) is 6.92. The van der Waals surface area contributed by atoms with Crippen LogP contribution in [0.25, 0.3) is 0 Å². The summed E-state index contributed by atoms with van der Waals surface area (Å²) in [6, 6.07) is 5.16. The summed E-state index contributed by atoms with van der Waals surface area (Å²) in [6.45, 7) is 2.49. The van der Waals surface area contributed by atoms with Gasteiger partial charge in [-0.15, -0.1) is 0 Å². The Morgan fingerprint density at radius 2 is 2.10 bits per heavy atom. The molecule has 0 aromatic heterocycles. The maximum absolute atomic E-state index is 13.8. The predicted molar refractivity (Wildman–Crippen MR) is 73.5 cm³/mol. The van der Waals surface area contributed by atoms with Crippen LogP contribution in [0.1, 0.15) is 23.7 Å². The lowest BCUT2D eigenvalue weighted by Gasteiger charge is -2.30. The molecule has 2 unspecified atom stereocenters. The maximum atomic E-state index is 13.8. The third kappa shape index (κ3) is 3.21. The zero-order valence-corrected chi connectivity index (χ0v) is 11.8. The van der Waals surface area contributed by atoms with Gasteiger partial charge in [-0.3, -0.25) is 9.59 Å². The van der Waals surface area contributed by atoms with E-state index in [2.05, 4.69) is 0 Å². The number of hydrogen-bond donors (Lipinski definition) is 1. The molecule has 1 aliphatic heterocycles. The number of carboxylic acids is 1. The van der Waals surface area contributed by atoms with Crippen LogP contribution in [-0.2, 0) is 9.53 Å². The Bertz CT molecular complexity index is 534. The number of carbonyl (C=O) groups is 2. The lowest BCUT2D eigenvalue weighted by molar-refractivity contribution is -0.142. The Labute approximate surface area is 122 Å². The molecule has 0 radical (unpaired) electrons. The normalized spacial score (nSPS) is 21.2. The van der Waals surface area contributed by atoms with Gasteiger partial charge in [0.1, 0.15) is 11.7 Å². The number of nitrogens with zero attached hydrogens (tertiary/aromatic N) is 1. The summed E-state index contributed by atoms with van der Waals surface area (Å²) in [7, 11) is 0. The lowest BCUT2D eigenvalue weighted by atomic mass is 10.0. The lowest BCUT2D eigenvalue weighted by Crippen LogP contribution is -2.47. The van der Waals surface area contributed by atoms with Gasteiger partial charge in [-0.1, -0.05) is 19.1 Å². The molecule has 21 heavy (non-hydrogen) atoms. The first-order chi connectivity index (χ1) is 10.1. The molecular formula is C15H18FNO4. The second-order valence-electron chi connectivity index (χ2n) is 5.03. The number of amides is 1. The number of aliphatic carboxylic acids is 1. The molecule has 1 heterocycles. The molecule has 1 saturated heterocycles. The van der Waals surface area contributed by atoms with E-state index in [1.165, 1.54) is 23.1 Å². The van der Waals surface area contributed by atoms with Crippen LogP contribution in [-0.4, -0.2) is 47.7 Å². The van der Waals surface area contributed by atoms with E-state index in [9.17, 15) is 19.1 Å². The Morgan fingerprint density at radius 3 is 2.71 bits per heavy atom. The van der Waals surface area contributed by atoms with Crippen LogP contribution in [0, 0.1) is 11.7 Å². The summed E-state index contributed by atoms with van der Waals surface area (Å²) in [6.07, 6.45) is 0.656. The third-order valence-electron chi connectivity index (χ3n) is 3.60. The second kappa shape index (κ2) is 6.67. The van der Waals surface area contributed by atoms with Crippen LogP contribution >= 0.6 is 0 Å². The van der Waals surface area contributed by atoms with Crippen LogP contribution in [0.3, 0.4) is 0 Å². The van der Waals surface area contributed by atoms with E-state index in [-0.39, 0.29) is 18.8 Å². The van der Waals surface area contributed by atoms with Crippen molar-refractivity contribution in [3.05, 3.63) is 35.6 Å². The predicted octanol–water partition coefficient (Wildman–Crippen LogP) is 1.78. The molecule has 5 nitrogen and oxygen atoms in total. The minimum atomic E-state index is -1.00. The van der Waals surface area contributed by atoms with Crippen LogP contribution in [0.15, 0.2) is 24.3 Å². The minimum Gasteiger partial charge on any atom is -0.481 e. The average Bonchev–Trinajstić information content (AvgIpc) is 2.94. The largest absolute Gasteiger partial charge is 0.481 e. The smallest absolute Gasteiger partial charge is 0.311 e. The van der Waals surface area contributed by atoms with Crippen LogP contribution in [0.5, 0.6) is 0 Å². The summed E-state index contributed by atoms with van der Waals surface area (Å²) in [4.78, 5) is 25.2. The van der Waals surface area contributed by atoms with Gasteiger partial charge in [-0.25, -0.2) is 4.39 Å². The van der Waals surface area contributed by atoms with Crippen molar-refractivity contribution in [1.29, 1.82) is 0 Å². The van der Waals surface area contributed by atoms with Crippen LogP contribution in [0.4, 0.5) is 4.39 Å². The number of halogens is 1. The van der Waals surface area contributed by atoms with Crippen LogP contribution < -0.4 is 0 Å². The average molecular weight is 295 g/mol. The number of carboxylic acid groups (broad SMARTS) is 1. The molecule has 2 atom stereocenters. The molecule has 6 heteroatoms. The number of carbonyl (C=O) groups excluding carboxylic acids is 1. The number of hydrogen-bond acceptors (Lipinski definition) is 3. The number of rotatable bonds is 5. The summed E-state index contributed by atoms with van der Waals surface area (Å²) >= 11 is 0. The van der Waals surface area contributed by atoms with Crippen molar-refractivity contribution in [1.82, 2.24) is 4.90 Å². The first kappa shape index (κ1) is 15.4. The van der Waals surface area contributed by atoms with Gasteiger partial charge in [-0.05, 0) is 18.6 Å². The number of ether oxygens (including phenoxy) is 1. The molecule has 0 saturated carbocycles. The molecule has 1 fully saturated rings. The Hall–Kier alpha value is -1.95. The molecule has 1 N–H and O–H groups in total. The molecule has 1 aromatic rings. The van der Waals surface area contributed by atoms with E-state index in [1.54, 1.807) is 6.07 Å². The Kier molecular flexibility index (Phi) is 4.90. The highest BCUT2D eigenvalue weighted by Crippen LogP contribution is 2.23. The summed E-state index contributed by atoms with van der Waals surface area (Å²) in [5, 5.41) is 9.22. The van der Waals surface area contributed by atoms with Crippen molar-refractivity contribution in [3.8, 4) is 0 Å². The van der Waals surface area contributed by atoms with E-state index >= 15 is 0 Å². The van der Waals surface area contributed by atoms with Gasteiger partial charge in [0.25, 0.3) is 5.91 Å². The van der Waals surface area contributed by atoms with E-state index in [1.807, 2.05) is 6.92 Å². The van der Waals surface area contributed by atoms with Gasteiger partial charge >= 0.3 is 5.97 Å². The fourth-order valence-corrected chi connectivity index (χ4v) is 2.53. The highest BCUT2D eigenvalue weighted by Gasteiger charge is 2.40. The van der Waals surface area contributed by atoms with Gasteiger partial charge in [-0.2, -0.15) is 0 Å². The van der Waals surface area contributed by atoms with E-state index in [4.69, 9.17) is 4.74 Å². The van der Waals surface area contributed by atoms with Crippen molar-refractivity contribution in [2.75, 3.05) is 19.8 Å². The molecular weight excluding hydrogens is 277 g/mol. The van der Waals surface area contributed by atoms with Crippen molar-refractivity contribution in [3.63, 3.8) is 0 Å². The van der Waals surface area contributed by atoms with Crippen molar-refractivity contribution >= 4 is 11.9 Å². The van der Waals surface area contributed by atoms with E-state index in [0.717, 1.165) is 0 Å². The topological polar surface area (TPSA) is 66.8 Å². The molecule has 1 aromatic carbocycles. The second-order valence-corrected chi connectivity index (χ2v) is 5.03. The highest BCUT2D eigenvalue weighted by molar-refractivity contribution is 5.95. The summed E-state index contributed by atoms with van der Waals surface area (Å²) in [5.41, 5.74) is -0.0398. The Morgan fingerprint density at radius 1 is 1.38 bits per heavy atom. The zero-order chi connectivity index (χ0) is 15.4. The monoisotopic (exact) mass is 295 g/mol. The van der Waals surface area contributed by atoms with Gasteiger partial charge in [0.15, 0.2) is 0 Å². The molecule has 1 amide bonds. The van der Waals surface area contributed by atoms with E-state index in [0.29, 0.717) is 13.0 Å². The SMILES string of the molecule is CCCN(C(=O)c1ccccc1F)C1COCC1C(=O)O. The molecule has 114 valence electrons. The van der Waals surface area contributed by atoms with Gasteiger partial charge in [0.2, 0.25) is 0 Å². The minimum absolute atomic E-state index is 0.0398. The van der Waals surface area contributed by atoms with Crippen molar-refractivity contribution in [2.24, 2.45) is 5.92 Å².